The molecule has 0 radical (unpaired) electrons. The first-order valence-electron chi connectivity index (χ1n) is 9.40. The second kappa shape index (κ2) is 8.41. The van der Waals surface area contributed by atoms with Crippen LogP contribution in [0.25, 0.3) is 0 Å². The number of nitrogens with zero attached hydrogens (tertiary/aromatic N) is 2. The van der Waals surface area contributed by atoms with Crippen LogP contribution in [0.2, 0.25) is 0 Å². The number of fused-ring (bicyclic) bond motifs is 1. The molecule has 142 valence electrons. The van der Waals surface area contributed by atoms with Gasteiger partial charge in [0.05, 0.1) is 6.54 Å². The van der Waals surface area contributed by atoms with Crippen molar-refractivity contribution in [1.29, 1.82) is 0 Å². The summed E-state index contributed by atoms with van der Waals surface area (Å²) in [6, 6.07) is 16.1. The summed E-state index contributed by atoms with van der Waals surface area (Å²) in [5.74, 6) is 1.74. The van der Waals surface area contributed by atoms with Crippen molar-refractivity contribution in [2.75, 3.05) is 39.5 Å². The molecule has 1 amide bonds. The van der Waals surface area contributed by atoms with E-state index in [1.54, 1.807) is 0 Å². The SMILES string of the molecule is O=C(CN1CCN(Cc2ccc3c(c2)OCO3)CC1)NCc1ccccc1. The van der Waals surface area contributed by atoms with Crippen LogP contribution in [0.1, 0.15) is 11.1 Å². The zero-order valence-electron chi connectivity index (χ0n) is 15.4. The summed E-state index contributed by atoms with van der Waals surface area (Å²) in [4.78, 5) is 16.8. The van der Waals surface area contributed by atoms with E-state index in [0.717, 1.165) is 49.8 Å². The lowest BCUT2D eigenvalue weighted by Gasteiger charge is -2.34. The number of ether oxygens (including phenoxy) is 2. The Morgan fingerprint density at radius 3 is 2.44 bits per heavy atom. The molecule has 0 bridgehead atoms. The monoisotopic (exact) mass is 367 g/mol. The normalized spacial score (nSPS) is 17.0. The molecular weight excluding hydrogens is 342 g/mol. The van der Waals surface area contributed by atoms with Gasteiger partial charge in [-0.25, -0.2) is 0 Å². The second-order valence-corrected chi connectivity index (χ2v) is 7.00. The summed E-state index contributed by atoms with van der Waals surface area (Å²) in [5, 5.41) is 3.00. The Labute approximate surface area is 159 Å². The highest BCUT2D eigenvalue weighted by molar-refractivity contribution is 5.78. The lowest BCUT2D eigenvalue weighted by Crippen LogP contribution is -2.49. The van der Waals surface area contributed by atoms with Crippen LogP contribution in [-0.4, -0.2) is 55.2 Å². The van der Waals surface area contributed by atoms with Crippen molar-refractivity contribution in [3.05, 3.63) is 59.7 Å². The smallest absolute Gasteiger partial charge is 0.234 e. The van der Waals surface area contributed by atoms with Crippen molar-refractivity contribution in [1.82, 2.24) is 15.1 Å². The summed E-state index contributed by atoms with van der Waals surface area (Å²) in [6.07, 6.45) is 0. The van der Waals surface area contributed by atoms with Gasteiger partial charge in [-0.3, -0.25) is 14.6 Å². The van der Waals surface area contributed by atoms with Crippen LogP contribution < -0.4 is 14.8 Å². The molecule has 6 heteroatoms. The Morgan fingerprint density at radius 2 is 1.63 bits per heavy atom. The van der Waals surface area contributed by atoms with Crippen molar-refractivity contribution < 1.29 is 14.3 Å². The first-order chi connectivity index (χ1) is 13.3. The molecule has 2 aromatic rings. The van der Waals surface area contributed by atoms with E-state index in [1.807, 2.05) is 36.4 Å². The molecule has 0 unspecified atom stereocenters. The van der Waals surface area contributed by atoms with Crippen molar-refractivity contribution in [2.45, 2.75) is 13.1 Å². The maximum Gasteiger partial charge on any atom is 0.234 e. The molecular formula is C21H25N3O3. The summed E-state index contributed by atoms with van der Waals surface area (Å²) >= 11 is 0. The first kappa shape index (κ1) is 17.8. The summed E-state index contributed by atoms with van der Waals surface area (Å²) in [7, 11) is 0. The zero-order valence-corrected chi connectivity index (χ0v) is 15.4. The predicted molar refractivity (Wildman–Crippen MR) is 103 cm³/mol. The summed E-state index contributed by atoms with van der Waals surface area (Å²) in [6.45, 7) is 5.98. The van der Waals surface area contributed by atoms with Crippen LogP contribution in [0.3, 0.4) is 0 Å². The second-order valence-electron chi connectivity index (χ2n) is 7.00. The average Bonchev–Trinajstić information content (AvgIpc) is 3.17. The Kier molecular flexibility index (Phi) is 5.55. The lowest BCUT2D eigenvalue weighted by molar-refractivity contribution is -0.122. The van der Waals surface area contributed by atoms with Gasteiger partial charge in [0, 0.05) is 39.3 Å². The molecule has 0 atom stereocenters. The zero-order chi connectivity index (χ0) is 18.5. The third kappa shape index (κ3) is 4.78. The van der Waals surface area contributed by atoms with Crippen LogP contribution in [0.15, 0.2) is 48.5 Å². The molecule has 1 N–H and O–H groups in total. The number of hydrogen-bond acceptors (Lipinski definition) is 5. The number of amides is 1. The number of nitrogens with one attached hydrogen (secondary N) is 1. The maximum absolute atomic E-state index is 12.2. The quantitative estimate of drug-likeness (QED) is 0.845. The minimum absolute atomic E-state index is 0.0862. The van der Waals surface area contributed by atoms with Gasteiger partial charge in [0.2, 0.25) is 12.7 Å². The van der Waals surface area contributed by atoms with E-state index in [4.69, 9.17) is 9.47 Å². The standard InChI is InChI=1S/C21H25N3O3/c25-21(22-13-17-4-2-1-3-5-17)15-24-10-8-23(9-11-24)14-18-6-7-19-20(12-18)27-16-26-19/h1-7,12H,8-11,13-16H2,(H,22,25). The van der Waals surface area contributed by atoms with Crippen LogP contribution in [0.5, 0.6) is 11.5 Å². The average molecular weight is 367 g/mol. The van der Waals surface area contributed by atoms with Crippen molar-refractivity contribution in [2.24, 2.45) is 0 Å². The van der Waals surface area contributed by atoms with Crippen LogP contribution >= 0.6 is 0 Å². The number of carbonyl (C=O) groups excluding carboxylic acids is 1. The molecule has 0 spiro atoms. The Morgan fingerprint density at radius 1 is 0.889 bits per heavy atom. The van der Waals surface area contributed by atoms with Crippen molar-refractivity contribution in [3.8, 4) is 11.5 Å². The Bertz CT molecular complexity index is 773. The van der Waals surface area contributed by atoms with E-state index in [0.29, 0.717) is 19.9 Å². The number of piperazine rings is 1. The Balaban J connectivity index is 1.19. The van der Waals surface area contributed by atoms with Gasteiger partial charge < -0.3 is 14.8 Å². The first-order valence-corrected chi connectivity index (χ1v) is 9.40. The lowest BCUT2D eigenvalue weighted by atomic mass is 10.1. The van der Waals surface area contributed by atoms with Crippen molar-refractivity contribution in [3.63, 3.8) is 0 Å². The van der Waals surface area contributed by atoms with Gasteiger partial charge in [0.25, 0.3) is 0 Å². The molecule has 0 aromatic heterocycles. The molecule has 27 heavy (non-hydrogen) atoms. The minimum atomic E-state index is 0.0862. The number of benzene rings is 2. The van der Waals surface area contributed by atoms with E-state index in [9.17, 15) is 4.79 Å². The van der Waals surface area contributed by atoms with Gasteiger partial charge in [-0.1, -0.05) is 36.4 Å². The number of rotatable bonds is 6. The topological polar surface area (TPSA) is 54.0 Å². The Hall–Kier alpha value is -2.57. The highest BCUT2D eigenvalue weighted by atomic mass is 16.7. The fraction of sp³-hybridized carbons (Fsp3) is 0.381. The number of hydrogen-bond donors (Lipinski definition) is 1. The third-order valence-electron chi connectivity index (χ3n) is 5.01. The largest absolute Gasteiger partial charge is 0.454 e. The van der Waals surface area contributed by atoms with Gasteiger partial charge >= 0.3 is 0 Å². The molecule has 2 aliphatic rings. The van der Waals surface area contributed by atoms with Crippen LogP contribution in [0, 0.1) is 0 Å². The van der Waals surface area contributed by atoms with E-state index in [1.165, 1.54) is 5.56 Å². The maximum atomic E-state index is 12.2. The van der Waals surface area contributed by atoms with E-state index >= 15 is 0 Å². The molecule has 2 heterocycles. The molecule has 2 aromatic carbocycles. The van der Waals surface area contributed by atoms with E-state index in [2.05, 4.69) is 27.2 Å². The molecule has 0 aliphatic carbocycles. The predicted octanol–water partition coefficient (Wildman–Crippen LogP) is 1.85. The van der Waals surface area contributed by atoms with Gasteiger partial charge in [0.1, 0.15) is 0 Å². The highest BCUT2D eigenvalue weighted by Crippen LogP contribution is 2.32. The summed E-state index contributed by atoms with van der Waals surface area (Å²) in [5.41, 5.74) is 2.35. The van der Waals surface area contributed by atoms with Gasteiger partial charge in [-0.2, -0.15) is 0 Å². The third-order valence-corrected chi connectivity index (χ3v) is 5.01. The molecule has 2 aliphatic heterocycles. The fourth-order valence-corrected chi connectivity index (χ4v) is 3.46. The minimum Gasteiger partial charge on any atom is -0.454 e. The highest BCUT2D eigenvalue weighted by Gasteiger charge is 2.20. The van der Waals surface area contributed by atoms with Gasteiger partial charge in [-0.15, -0.1) is 0 Å². The summed E-state index contributed by atoms with van der Waals surface area (Å²) < 4.78 is 10.8. The molecule has 6 nitrogen and oxygen atoms in total. The number of carbonyl (C=O) groups is 1. The van der Waals surface area contributed by atoms with Crippen LogP contribution in [0.4, 0.5) is 0 Å². The van der Waals surface area contributed by atoms with Gasteiger partial charge in [-0.05, 0) is 23.3 Å². The molecule has 1 saturated heterocycles. The van der Waals surface area contributed by atoms with E-state index < -0.39 is 0 Å². The van der Waals surface area contributed by atoms with E-state index in [-0.39, 0.29) is 5.91 Å². The van der Waals surface area contributed by atoms with Gasteiger partial charge in [0.15, 0.2) is 11.5 Å². The van der Waals surface area contributed by atoms with Crippen LogP contribution in [-0.2, 0) is 17.9 Å². The molecule has 1 fully saturated rings. The van der Waals surface area contributed by atoms with Crippen molar-refractivity contribution >= 4 is 5.91 Å². The molecule has 0 saturated carbocycles. The molecule has 4 rings (SSSR count). The fourth-order valence-electron chi connectivity index (χ4n) is 3.46.